The second kappa shape index (κ2) is 4.73. The summed E-state index contributed by atoms with van der Waals surface area (Å²) >= 11 is 0. The van der Waals surface area contributed by atoms with E-state index in [-0.39, 0.29) is 0 Å². The van der Waals surface area contributed by atoms with Crippen LogP contribution in [0.15, 0.2) is 30.9 Å². The first-order valence-corrected chi connectivity index (χ1v) is 5.99. The average Bonchev–Trinajstić information content (AvgIpc) is 3.12. The van der Waals surface area contributed by atoms with Crippen LogP contribution in [0.2, 0.25) is 0 Å². The molecule has 0 aromatic heterocycles. The molecule has 0 N–H and O–H groups in total. The molecule has 1 aromatic carbocycles. The summed E-state index contributed by atoms with van der Waals surface area (Å²) in [6.45, 7) is 8.70. The van der Waals surface area contributed by atoms with Crippen LogP contribution < -0.4 is 4.74 Å². The van der Waals surface area contributed by atoms with Crippen molar-refractivity contribution in [1.29, 1.82) is 0 Å². The van der Waals surface area contributed by atoms with Gasteiger partial charge in [-0.05, 0) is 48.9 Å². The smallest absolute Gasteiger partial charge is 0.119 e. The van der Waals surface area contributed by atoms with Crippen LogP contribution in [0.1, 0.15) is 43.7 Å². The Morgan fingerprint density at radius 2 is 2.25 bits per heavy atom. The van der Waals surface area contributed by atoms with Crippen molar-refractivity contribution in [3.8, 4) is 5.75 Å². The van der Waals surface area contributed by atoms with Crippen LogP contribution in [-0.2, 0) is 0 Å². The Labute approximate surface area is 98.1 Å². The van der Waals surface area contributed by atoms with E-state index in [9.17, 15) is 0 Å². The fourth-order valence-corrected chi connectivity index (χ4v) is 1.99. The van der Waals surface area contributed by atoms with Crippen LogP contribution in [0.3, 0.4) is 0 Å². The largest absolute Gasteiger partial charge is 0.494 e. The molecule has 0 atom stereocenters. The summed E-state index contributed by atoms with van der Waals surface area (Å²) < 4.78 is 5.55. The van der Waals surface area contributed by atoms with Gasteiger partial charge in [-0.2, -0.15) is 0 Å². The van der Waals surface area contributed by atoms with Crippen LogP contribution in [0.4, 0.5) is 0 Å². The van der Waals surface area contributed by atoms with E-state index in [1.807, 2.05) is 13.0 Å². The summed E-state index contributed by atoms with van der Waals surface area (Å²) in [5, 5.41) is 0. The van der Waals surface area contributed by atoms with Gasteiger partial charge in [-0.15, -0.1) is 6.58 Å². The van der Waals surface area contributed by atoms with Gasteiger partial charge in [0.25, 0.3) is 0 Å². The van der Waals surface area contributed by atoms with Gasteiger partial charge in [-0.25, -0.2) is 0 Å². The van der Waals surface area contributed by atoms with E-state index in [2.05, 4.69) is 31.7 Å². The Morgan fingerprint density at radius 3 is 2.81 bits per heavy atom. The molecule has 1 nitrogen and oxygen atoms in total. The van der Waals surface area contributed by atoms with Gasteiger partial charge >= 0.3 is 0 Å². The van der Waals surface area contributed by atoms with Gasteiger partial charge in [0.15, 0.2) is 0 Å². The molecule has 1 fully saturated rings. The third-order valence-electron chi connectivity index (χ3n) is 3.08. The molecule has 0 spiro atoms. The van der Waals surface area contributed by atoms with Crippen LogP contribution in [0.25, 0.3) is 0 Å². The molecular weight excluding hydrogens is 196 g/mol. The summed E-state index contributed by atoms with van der Waals surface area (Å²) in [5.41, 5.74) is 2.77. The van der Waals surface area contributed by atoms with Crippen molar-refractivity contribution in [3.63, 3.8) is 0 Å². The van der Waals surface area contributed by atoms with Crippen molar-refractivity contribution in [2.45, 2.75) is 32.6 Å². The summed E-state index contributed by atoms with van der Waals surface area (Å²) in [4.78, 5) is 0. The second-order valence-corrected chi connectivity index (χ2v) is 4.34. The highest BCUT2D eigenvalue weighted by atomic mass is 16.5. The molecule has 1 saturated carbocycles. The monoisotopic (exact) mass is 215 g/mol. The lowest BCUT2D eigenvalue weighted by atomic mass is 9.93. The van der Waals surface area contributed by atoms with E-state index in [1.165, 1.54) is 29.9 Å². The number of ether oxygens (including phenoxy) is 1. The van der Waals surface area contributed by atoms with Gasteiger partial charge in [0.1, 0.15) is 5.75 Å². The molecule has 0 heterocycles. The van der Waals surface area contributed by atoms with E-state index in [0.717, 1.165) is 18.3 Å². The summed E-state index contributed by atoms with van der Waals surface area (Å²) in [5.74, 6) is 2.96. The molecule has 1 heteroatoms. The number of benzene rings is 1. The number of hydrogen-bond acceptors (Lipinski definition) is 1. The van der Waals surface area contributed by atoms with Crippen molar-refractivity contribution in [2.24, 2.45) is 0 Å². The van der Waals surface area contributed by atoms with Crippen LogP contribution in [0.5, 0.6) is 5.75 Å². The van der Waals surface area contributed by atoms with Gasteiger partial charge in [0.2, 0.25) is 0 Å². The van der Waals surface area contributed by atoms with Crippen molar-refractivity contribution in [1.82, 2.24) is 0 Å². The minimum Gasteiger partial charge on any atom is -0.494 e. The lowest BCUT2D eigenvalue weighted by Crippen LogP contribution is -1.99. The first-order valence-electron chi connectivity index (χ1n) is 5.99. The molecule has 1 aliphatic rings. The van der Waals surface area contributed by atoms with Crippen molar-refractivity contribution < 1.29 is 4.74 Å². The van der Waals surface area contributed by atoms with Gasteiger partial charge in [-0.3, -0.25) is 0 Å². The zero-order valence-electron chi connectivity index (χ0n) is 10.1. The predicted octanol–water partition coefficient (Wildman–Crippen LogP) is 4.09. The third kappa shape index (κ3) is 2.29. The highest BCUT2D eigenvalue weighted by Crippen LogP contribution is 2.44. The Balaban J connectivity index is 2.33. The first-order chi connectivity index (χ1) is 7.76. The van der Waals surface area contributed by atoms with Gasteiger partial charge in [0.05, 0.1) is 6.61 Å². The van der Waals surface area contributed by atoms with Crippen molar-refractivity contribution in [3.05, 3.63) is 47.9 Å². The number of rotatable bonds is 5. The third-order valence-corrected chi connectivity index (χ3v) is 3.08. The molecule has 85 valence electrons. The minimum absolute atomic E-state index is 0.718. The molecule has 0 saturated heterocycles. The quantitative estimate of drug-likeness (QED) is 0.718. The normalized spacial score (nSPS) is 15.2. The molecule has 1 aromatic rings. The number of allylic oxidation sites excluding steroid dienone is 1. The maximum absolute atomic E-state index is 5.55. The average molecular weight is 215 g/mol. The maximum Gasteiger partial charge on any atom is 0.119 e. The summed E-state index contributed by atoms with van der Waals surface area (Å²) in [6.07, 6.45) is 4.58. The highest BCUT2D eigenvalue weighted by molar-refractivity contribution is 5.48. The molecule has 2 rings (SSSR count). The molecule has 16 heavy (non-hydrogen) atoms. The maximum atomic E-state index is 5.55. The van der Waals surface area contributed by atoms with Gasteiger partial charge in [0, 0.05) is 5.92 Å². The molecule has 1 radical (unpaired) electrons. The van der Waals surface area contributed by atoms with Gasteiger partial charge < -0.3 is 4.74 Å². The molecular formula is C15H19O. The lowest BCUT2D eigenvalue weighted by Gasteiger charge is -2.14. The Morgan fingerprint density at radius 1 is 1.50 bits per heavy atom. The summed E-state index contributed by atoms with van der Waals surface area (Å²) in [7, 11) is 0. The minimum atomic E-state index is 0.718. The molecule has 1 aliphatic carbocycles. The topological polar surface area (TPSA) is 9.23 Å². The zero-order chi connectivity index (χ0) is 11.5. The predicted molar refractivity (Wildman–Crippen MR) is 67.8 cm³/mol. The van der Waals surface area contributed by atoms with E-state index < -0.39 is 0 Å². The molecule has 0 unspecified atom stereocenters. The van der Waals surface area contributed by atoms with E-state index in [4.69, 9.17) is 4.74 Å². The zero-order valence-corrected chi connectivity index (χ0v) is 10.1. The van der Waals surface area contributed by atoms with Crippen LogP contribution in [-0.4, -0.2) is 6.61 Å². The van der Waals surface area contributed by atoms with Crippen LogP contribution in [0, 0.1) is 5.92 Å². The fraction of sp³-hybridized carbons (Fsp3) is 0.400. The first kappa shape index (κ1) is 11.3. The van der Waals surface area contributed by atoms with E-state index in [0.29, 0.717) is 0 Å². The molecule has 0 bridgehead atoms. The van der Waals surface area contributed by atoms with Crippen molar-refractivity contribution in [2.75, 3.05) is 6.61 Å². The van der Waals surface area contributed by atoms with E-state index in [1.54, 1.807) is 0 Å². The highest BCUT2D eigenvalue weighted by Gasteiger charge is 2.27. The summed E-state index contributed by atoms with van der Waals surface area (Å²) in [6, 6.07) is 6.44. The Kier molecular flexibility index (Phi) is 3.33. The Bertz CT molecular complexity index is 377. The fourth-order valence-electron chi connectivity index (χ4n) is 1.99. The number of hydrogen-bond donors (Lipinski definition) is 0. The Hall–Kier alpha value is -1.24. The van der Waals surface area contributed by atoms with Gasteiger partial charge in [-0.1, -0.05) is 19.1 Å². The second-order valence-electron chi connectivity index (χ2n) is 4.34. The van der Waals surface area contributed by atoms with E-state index >= 15 is 0 Å². The molecule has 0 amide bonds. The molecule has 0 aliphatic heterocycles. The SMILES string of the molecule is C=C[C](C)c1cc(OCC)ccc1C1CC1. The standard InChI is InChI=1S/C15H19O/c1-4-11(3)15-10-13(16-5-2)8-9-14(15)12-6-7-12/h4,8-10,12H,1,5-7H2,2-3H3. The van der Waals surface area contributed by atoms with Crippen LogP contribution >= 0.6 is 0 Å². The lowest BCUT2D eigenvalue weighted by molar-refractivity contribution is 0.340. The van der Waals surface area contributed by atoms with Crippen molar-refractivity contribution >= 4 is 0 Å².